The van der Waals surface area contributed by atoms with Crippen molar-refractivity contribution in [2.45, 2.75) is 37.5 Å². The highest BCUT2D eigenvalue weighted by atomic mass is 19.4. The number of ether oxygens (including phenoxy) is 1. The predicted octanol–water partition coefficient (Wildman–Crippen LogP) is 1.38. The molecule has 0 aromatic carbocycles. The van der Waals surface area contributed by atoms with Crippen LogP contribution in [0, 0.1) is 5.92 Å². The maximum Gasteiger partial charge on any atom is 0.391 e. The second-order valence-electron chi connectivity index (χ2n) is 4.95. The number of halogens is 3. The fraction of sp³-hybridized carbons (Fsp3) is 1.00. The van der Waals surface area contributed by atoms with E-state index in [1.54, 1.807) is 0 Å². The maximum atomic E-state index is 12.5. The Bertz CT molecular complexity index is 252. The van der Waals surface area contributed by atoms with Gasteiger partial charge in [0.25, 0.3) is 0 Å². The molecular formula is C11H19F3N2O. The van der Waals surface area contributed by atoms with Gasteiger partial charge in [-0.1, -0.05) is 0 Å². The monoisotopic (exact) mass is 252 g/mol. The minimum Gasteiger partial charge on any atom is -0.380 e. The molecule has 2 saturated heterocycles. The molecule has 2 fully saturated rings. The van der Waals surface area contributed by atoms with Crippen molar-refractivity contribution in [2.24, 2.45) is 11.7 Å². The minimum absolute atomic E-state index is 0.0335. The van der Waals surface area contributed by atoms with Crippen molar-refractivity contribution in [2.75, 3.05) is 26.3 Å². The molecule has 3 nitrogen and oxygen atoms in total. The molecular weight excluding hydrogens is 233 g/mol. The molecule has 2 heterocycles. The van der Waals surface area contributed by atoms with Crippen molar-refractivity contribution in [1.29, 1.82) is 0 Å². The Hall–Kier alpha value is -0.330. The number of alkyl halides is 3. The Balaban J connectivity index is 1.86. The average Bonchev–Trinajstić information content (AvgIpc) is 2.29. The summed E-state index contributed by atoms with van der Waals surface area (Å²) < 4.78 is 42.9. The molecule has 0 aromatic rings. The van der Waals surface area contributed by atoms with Crippen LogP contribution < -0.4 is 5.73 Å². The van der Waals surface area contributed by atoms with Crippen molar-refractivity contribution in [1.82, 2.24) is 4.90 Å². The lowest BCUT2D eigenvalue weighted by atomic mass is 9.93. The Labute approximate surface area is 99.1 Å². The molecule has 6 heteroatoms. The summed E-state index contributed by atoms with van der Waals surface area (Å²) >= 11 is 0. The highest BCUT2D eigenvalue weighted by Crippen LogP contribution is 2.34. The van der Waals surface area contributed by atoms with Gasteiger partial charge in [0.15, 0.2) is 0 Å². The summed E-state index contributed by atoms with van der Waals surface area (Å²) in [6.07, 6.45) is -2.87. The first-order valence-corrected chi connectivity index (χ1v) is 6.12. The Morgan fingerprint density at radius 2 is 1.76 bits per heavy atom. The minimum atomic E-state index is -4.04. The molecule has 2 atom stereocenters. The molecule has 0 spiro atoms. The van der Waals surface area contributed by atoms with E-state index in [2.05, 4.69) is 4.90 Å². The number of likely N-dealkylation sites (tertiary alicyclic amines) is 1. The number of hydrogen-bond donors (Lipinski definition) is 1. The van der Waals surface area contributed by atoms with Gasteiger partial charge in [0, 0.05) is 18.7 Å². The molecule has 0 saturated carbocycles. The van der Waals surface area contributed by atoms with Crippen LogP contribution in [-0.2, 0) is 4.74 Å². The Kier molecular flexibility index (Phi) is 3.95. The first-order valence-electron chi connectivity index (χ1n) is 6.12. The van der Waals surface area contributed by atoms with Gasteiger partial charge in [0.1, 0.15) is 0 Å². The van der Waals surface area contributed by atoms with Gasteiger partial charge in [0.05, 0.1) is 12.5 Å². The molecule has 2 aliphatic heterocycles. The van der Waals surface area contributed by atoms with E-state index in [0.717, 1.165) is 6.42 Å². The van der Waals surface area contributed by atoms with E-state index in [1.807, 2.05) is 0 Å². The van der Waals surface area contributed by atoms with E-state index in [0.29, 0.717) is 26.3 Å². The van der Waals surface area contributed by atoms with E-state index in [1.165, 1.54) is 0 Å². The first kappa shape index (κ1) is 13.1. The molecule has 2 rings (SSSR count). The zero-order chi connectivity index (χ0) is 12.5. The number of hydrogen-bond acceptors (Lipinski definition) is 3. The molecule has 17 heavy (non-hydrogen) atoms. The third-order valence-corrected chi connectivity index (χ3v) is 3.84. The van der Waals surface area contributed by atoms with Crippen molar-refractivity contribution in [3.63, 3.8) is 0 Å². The van der Waals surface area contributed by atoms with Gasteiger partial charge in [0.2, 0.25) is 0 Å². The van der Waals surface area contributed by atoms with Crippen LogP contribution in [0.1, 0.15) is 19.3 Å². The van der Waals surface area contributed by atoms with E-state index in [9.17, 15) is 13.2 Å². The predicted molar refractivity (Wildman–Crippen MR) is 57.6 cm³/mol. The average molecular weight is 252 g/mol. The highest BCUT2D eigenvalue weighted by Gasteiger charge is 2.42. The second-order valence-corrected chi connectivity index (χ2v) is 4.95. The molecule has 2 unspecified atom stereocenters. The molecule has 0 amide bonds. The van der Waals surface area contributed by atoms with Gasteiger partial charge in [-0.25, -0.2) is 0 Å². The van der Waals surface area contributed by atoms with Gasteiger partial charge >= 0.3 is 6.18 Å². The summed E-state index contributed by atoms with van der Waals surface area (Å²) in [4.78, 5) is 2.06. The summed E-state index contributed by atoms with van der Waals surface area (Å²) in [6, 6.07) is 0.129. The molecule has 0 radical (unpaired) electrons. The fourth-order valence-electron chi connectivity index (χ4n) is 2.67. The molecule has 0 bridgehead atoms. The smallest absolute Gasteiger partial charge is 0.380 e. The number of nitrogens with zero attached hydrogens (tertiary/aromatic N) is 1. The zero-order valence-corrected chi connectivity index (χ0v) is 9.75. The lowest BCUT2D eigenvalue weighted by molar-refractivity contribution is -0.187. The maximum absolute atomic E-state index is 12.5. The number of rotatable bonds is 1. The van der Waals surface area contributed by atoms with E-state index < -0.39 is 12.1 Å². The highest BCUT2D eigenvalue weighted by molar-refractivity contribution is 4.88. The van der Waals surface area contributed by atoms with Gasteiger partial charge in [-0.15, -0.1) is 0 Å². The standard InChI is InChI=1S/C11H19F3N2O/c12-11(13,14)8-1-4-16(5-2-8)10-7-17-6-3-9(10)15/h8-10H,1-7,15H2. The van der Waals surface area contributed by atoms with Crippen molar-refractivity contribution >= 4 is 0 Å². The van der Waals surface area contributed by atoms with Crippen LogP contribution >= 0.6 is 0 Å². The van der Waals surface area contributed by atoms with Crippen LogP contribution in [0.2, 0.25) is 0 Å². The fourth-order valence-corrected chi connectivity index (χ4v) is 2.67. The van der Waals surface area contributed by atoms with Crippen LogP contribution in [-0.4, -0.2) is 49.5 Å². The summed E-state index contributed by atoms with van der Waals surface area (Å²) in [5, 5.41) is 0. The topological polar surface area (TPSA) is 38.5 Å². The van der Waals surface area contributed by atoms with Crippen molar-refractivity contribution in [3.05, 3.63) is 0 Å². The lowest BCUT2D eigenvalue weighted by Gasteiger charge is -2.42. The molecule has 0 aliphatic carbocycles. The van der Waals surface area contributed by atoms with Crippen LogP contribution in [0.5, 0.6) is 0 Å². The summed E-state index contributed by atoms with van der Waals surface area (Å²) in [7, 11) is 0. The third-order valence-electron chi connectivity index (χ3n) is 3.84. The first-order chi connectivity index (χ1) is 7.98. The summed E-state index contributed by atoms with van der Waals surface area (Å²) in [5.41, 5.74) is 5.99. The lowest BCUT2D eigenvalue weighted by Crippen LogP contribution is -2.56. The number of nitrogens with two attached hydrogens (primary N) is 1. The van der Waals surface area contributed by atoms with E-state index >= 15 is 0 Å². The molecule has 2 aliphatic rings. The largest absolute Gasteiger partial charge is 0.391 e. The zero-order valence-electron chi connectivity index (χ0n) is 9.75. The second kappa shape index (κ2) is 5.12. The van der Waals surface area contributed by atoms with Crippen molar-refractivity contribution < 1.29 is 17.9 Å². The van der Waals surface area contributed by atoms with Crippen LogP contribution in [0.3, 0.4) is 0 Å². The SMILES string of the molecule is NC1CCOCC1N1CCC(C(F)(F)F)CC1. The normalized spacial score (nSPS) is 33.9. The summed E-state index contributed by atoms with van der Waals surface area (Å²) in [5.74, 6) is -1.14. The quantitative estimate of drug-likeness (QED) is 0.766. The molecule has 100 valence electrons. The Morgan fingerprint density at radius 3 is 2.29 bits per heavy atom. The van der Waals surface area contributed by atoms with Gasteiger partial charge in [-0.2, -0.15) is 13.2 Å². The van der Waals surface area contributed by atoms with Crippen LogP contribution in [0.4, 0.5) is 13.2 Å². The van der Waals surface area contributed by atoms with Crippen molar-refractivity contribution in [3.8, 4) is 0 Å². The van der Waals surface area contributed by atoms with Gasteiger partial charge in [-0.3, -0.25) is 4.90 Å². The number of piperidine rings is 1. The van der Waals surface area contributed by atoms with Crippen LogP contribution in [0.15, 0.2) is 0 Å². The third kappa shape index (κ3) is 3.11. The molecule has 0 aromatic heterocycles. The Morgan fingerprint density at radius 1 is 1.12 bits per heavy atom. The van der Waals surface area contributed by atoms with E-state index in [-0.39, 0.29) is 24.9 Å². The van der Waals surface area contributed by atoms with Crippen LogP contribution in [0.25, 0.3) is 0 Å². The summed E-state index contributed by atoms with van der Waals surface area (Å²) in [6.45, 7) is 2.17. The van der Waals surface area contributed by atoms with E-state index in [4.69, 9.17) is 10.5 Å². The van der Waals surface area contributed by atoms with Gasteiger partial charge < -0.3 is 10.5 Å². The van der Waals surface area contributed by atoms with Gasteiger partial charge in [-0.05, 0) is 32.4 Å². The molecule has 2 N–H and O–H groups in total.